The second-order valence-electron chi connectivity index (χ2n) is 9.88. The van der Waals surface area contributed by atoms with Gasteiger partial charge in [0.05, 0.1) is 28.0 Å². The molecule has 0 saturated carbocycles. The fourth-order valence-corrected chi connectivity index (χ4v) is 5.11. The summed E-state index contributed by atoms with van der Waals surface area (Å²) in [5.74, 6) is -0.424. The molecule has 2 aliphatic heterocycles. The van der Waals surface area contributed by atoms with Crippen LogP contribution in [-0.4, -0.2) is 84.0 Å². The van der Waals surface area contributed by atoms with Gasteiger partial charge >= 0.3 is 0 Å². The quantitative estimate of drug-likeness (QED) is 0.493. The number of aliphatic hydroxyl groups is 1. The number of likely N-dealkylation sites (tertiary alicyclic amines) is 2. The minimum atomic E-state index is -1.52. The minimum absolute atomic E-state index is 0. The lowest BCUT2D eigenvalue weighted by Gasteiger charge is -2.48. The fourth-order valence-electron chi connectivity index (χ4n) is 4.87. The van der Waals surface area contributed by atoms with E-state index < -0.39 is 5.60 Å². The lowest BCUT2D eigenvalue weighted by atomic mass is 9.92. The normalized spacial score (nSPS) is 18.5. The molecular formula is C26H36ClN5O3S. The number of halogens is 1. The summed E-state index contributed by atoms with van der Waals surface area (Å²) < 4.78 is 0. The molecule has 0 spiro atoms. The molecule has 196 valence electrons. The van der Waals surface area contributed by atoms with E-state index >= 15 is 0 Å². The molecule has 10 heteroatoms. The number of benzene rings is 2. The summed E-state index contributed by atoms with van der Waals surface area (Å²) in [5, 5.41) is 14.7. The highest BCUT2D eigenvalue weighted by molar-refractivity contribution is 7.59. The zero-order valence-corrected chi connectivity index (χ0v) is 22.8. The van der Waals surface area contributed by atoms with Crippen LogP contribution in [0.1, 0.15) is 35.7 Å². The molecule has 1 atom stereocenters. The molecule has 0 aliphatic carbocycles. The summed E-state index contributed by atoms with van der Waals surface area (Å²) in [6.07, 6.45) is 1.75. The van der Waals surface area contributed by atoms with Gasteiger partial charge in [0.25, 0.3) is 11.8 Å². The van der Waals surface area contributed by atoms with Crippen LogP contribution in [0.2, 0.25) is 5.02 Å². The number of hydrogen-bond acceptors (Lipinski definition) is 6. The Hall–Kier alpha value is -2.46. The summed E-state index contributed by atoms with van der Waals surface area (Å²) in [6.45, 7) is 4.57. The number of piperidine rings is 1. The van der Waals surface area contributed by atoms with Crippen molar-refractivity contribution in [2.24, 2.45) is 0 Å². The average Bonchev–Trinajstić information content (AvgIpc) is 2.82. The van der Waals surface area contributed by atoms with E-state index in [1.807, 2.05) is 18.2 Å². The van der Waals surface area contributed by atoms with Gasteiger partial charge in [0.1, 0.15) is 0 Å². The van der Waals surface area contributed by atoms with E-state index in [0.29, 0.717) is 41.0 Å². The Morgan fingerprint density at radius 3 is 2.33 bits per heavy atom. The smallest absolute Gasteiger partial charge is 0.258 e. The molecule has 2 aromatic carbocycles. The number of carbonyl (C=O) groups is 2. The van der Waals surface area contributed by atoms with E-state index in [9.17, 15) is 14.7 Å². The minimum Gasteiger partial charge on any atom is -0.397 e. The second-order valence-corrected chi connectivity index (χ2v) is 10.3. The Morgan fingerprint density at radius 2 is 1.75 bits per heavy atom. The molecule has 2 aliphatic rings. The molecule has 2 amide bonds. The molecule has 2 fully saturated rings. The number of nitrogen functional groups attached to an aromatic ring is 1. The number of nitrogens with one attached hydrogen (secondary N) is 1. The first-order chi connectivity index (χ1) is 16.6. The number of amides is 2. The molecule has 0 radical (unpaired) electrons. The van der Waals surface area contributed by atoms with Gasteiger partial charge in [0.2, 0.25) is 0 Å². The summed E-state index contributed by atoms with van der Waals surface area (Å²) in [5.41, 5.74) is 6.90. The SMILES string of the molecule is CN(C)C(=O)c1cc(N)c(NC2CN(C3CCN(C(=O)[C@@](C)(O)c4ccccc4)CC3)C2)cc1Cl.S. The van der Waals surface area contributed by atoms with Gasteiger partial charge in [-0.3, -0.25) is 14.5 Å². The van der Waals surface area contributed by atoms with Gasteiger partial charge in [0, 0.05) is 46.3 Å². The molecular weight excluding hydrogens is 498 g/mol. The maximum atomic E-state index is 13.0. The Kier molecular flexibility index (Phi) is 8.82. The Morgan fingerprint density at radius 1 is 1.14 bits per heavy atom. The van der Waals surface area contributed by atoms with E-state index in [1.54, 1.807) is 50.2 Å². The van der Waals surface area contributed by atoms with Gasteiger partial charge in [-0.05, 0) is 37.5 Å². The molecule has 0 unspecified atom stereocenters. The first kappa shape index (κ1) is 28.1. The third kappa shape index (κ3) is 5.75. The van der Waals surface area contributed by atoms with Crippen molar-refractivity contribution in [3.8, 4) is 0 Å². The van der Waals surface area contributed by atoms with E-state index in [1.165, 1.54) is 4.90 Å². The van der Waals surface area contributed by atoms with Crippen molar-refractivity contribution in [2.45, 2.75) is 37.5 Å². The van der Waals surface area contributed by atoms with Gasteiger partial charge in [-0.25, -0.2) is 0 Å². The summed E-state index contributed by atoms with van der Waals surface area (Å²) in [7, 11) is 3.35. The van der Waals surface area contributed by atoms with Crippen LogP contribution in [0, 0.1) is 0 Å². The van der Waals surface area contributed by atoms with Gasteiger partial charge in [-0.2, -0.15) is 13.5 Å². The predicted molar refractivity (Wildman–Crippen MR) is 149 cm³/mol. The lowest BCUT2D eigenvalue weighted by molar-refractivity contribution is -0.152. The highest BCUT2D eigenvalue weighted by Crippen LogP contribution is 2.31. The molecule has 2 saturated heterocycles. The average molecular weight is 534 g/mol. The highest BCUT2D eigenvalue weighted by atomic mass is 35.5. The van der Waals surface area contributed by atoms with E-state index in [0.717, 1.165) is 31.6 Å². The maximum absolute atomic E-state index is 13.0. The van der Waals surface area contributed by atoms with E-state index in [4.69, 9.17) is 17.3 Å². The monoisotopic (exact) mass is 533 g/mol. The van der Waals surface area contributed by atoms with Gasteiger partial charge < -0.3 is 26.0 Å². The third-order valence-electron chi connectivity index (χ3n) is 7.07. The van der Waals surface area contributed by atoms with Crippen molar-refractivity contribution in [3.63, 3.8) is 0 Å². The molecule has 0 aromatic heterocycles. The van der Waals surface area contributed by atoms with Crippen LogP contribution >= 0.6 is 25.1 Å². The van der Waals surface area contributed by atoms with Crippen LogP contribution in [0.3, 0.4) is 0 Å². The topological polar surface area (TPSA) is 102 Å². The van der Waals surface area contributed by atoms with Gasteiger partial charge in [-0.1, -0.05) is 41.9 Å². The van der Waals surface area contributed by atoms with E-state index in [2.05, 4.69) is 10.2 Å². The summed E-state index contributed by atoms with van der Waals surface area (Å²) in [6, 6.07) is 13.1. The largest absolute Gasteiger partial charge is 0.397 e. The van der Waals surface area contributed by atoms with Crippen LogP contribution in [0.15, 0.2) is 42.5 Å². The van der Waals surface area contributed by atoms with Crippen LogP contribution < -0.4 is 11.1 Å². The number of nitrogens with two attached hydrogens (primary N) is 1. The summed E-state index contributed by atoms with van der Waals surface area (Å²) >= 11 is 6.34. The molecule has 2 aromatic rings. The van der Waals surface area contributed by atoms with Crippen LogP contribution in [0.5, 0.6) is 0 Å². The number of rotatable bonds is 6. The zero-order valence-electron chi connectivity index (χ0n) is 21.0. The van der Waals surface area contributed by atoms with Gasteiger partial charge in [-0.15, -0.1) is 0 Å². The number of nitrogens with zero attached hydrogens (tertiary/aromatic N) is 3. The third-order valence-corrected chi connectivity index (χ3v) is 7.38. The van der Waals surface area contributed by atoms with Crippen molar-refractivity contribution in [1.82, 2.24) is 14.7 Å². The number of anilines is 2. The Labute approximate surface area is 224 Å². The predicted octanol–water partition coefficient (Wildman–Crippen LogP) is 2.73. The molecule has 0 bridgehead atoms. The number of carbonyl (C=O) groups excluding carboxylic acids is 2. The second kappa shape index (κ2) is 11.3. The molecule has 36 heavy (non-hydrogen) atoms. The zero-order chi connectivity index (χ0) is 25.3. The van der Waals surface area contributed by atoms with Crippen LogP contribution in [0.4, 0.5) is 11.4 Å². The van der Waals surface area contributed by atoms with Crippen molar-refractivity contribution in [1.29, 1.82) is 0 Å². The standard InChI is InChI=1S/C26H34ClN5O3.H2S/c1-26(35,17-7-5-4-6-8-17)25(34)31-11-9-19(10-12-31)32-15-18(16-32)29-23-14-21(27)20(13-22(23)28)24(33)30(2)3;/h4-8,13-14,18-19,29,35H,9-12,15-16,28H2,1-3H3;1H2/t26-;/m0./s1. The van der Waals surface area contributed by atoms with Crippen LogP contribution in [0.25, 0.3) is 0 Å². The molecule has 2 heterocycles. The fraction of sp³-hybridized carbons (Fsp3) is 0.462. The lowest BCUT2D eigenvalue weighted by Crippen LogP contribution is -2.61. The van der Waals surface area contributed by atoms with Crippen molar-refractivity contribution in [3.05, 3.63) is 58.6 Å². The Balaban J connectivity index is 0.00000361. The first-order valence-corrected chi connectivity index (χ1v) is 12.3. The summed E-state index contributed by atoms with van der Waals surface area (Å²) in [4.78, 5) is 30.9. The molecule has 8 nitrogen and oxygen atoms in total. The maximum Gasteiger partial charge on any atom is 0.258 e. The van der Waals surface area contributed by atoms with Crippen LogP contribution in [-0.2, 0) is 10.4 Å². The Bertz CT molecular complexity index is 1080. The molecule has 4 N–H and O–H groups in total. The number of hydrogen-bond donors (Lipinski definition) is 3. The van der Waals surface area contributed by atoms with Crippen molar-refractivity contribution < 1.29 is 14.7 Å². The van der Waals surface area contributed by atoms with E-state index in [-0.39, 0.29) is 31.4 Å². The van der Waals surface area contributed by atoms with Crippen molar-refractivity contribution >= 4 is 48.3 Å². The first-order valence-electron chi connectivity index (χ1n) is 12.0. The highest BCUT2D eigenvalue weighted by Gasteiger charge is 2.40. The van der Waals surface area contributed by atoms with Gasteiger partial charge in [0.15, 0.2) is 5.60 Å². The van der Waals surface area contributed by atoms with Crippen molar-refractivity contribution in [2.75, 3.05) is 51.3 Å². The molecule has 4 rings (SSSR count).